The maximum absolute atomic E-state index is 2.36. The quantitative estimate of drug-likeness (QED) is 0.297. The molecule has 0 aromatic heterocycles. The summed E-state index contributed by atoms with van der Waals surface area (Å²) in [6.07, 6.45) is 0. The summed E-state index contributed by atoms with van der Waals surface area (Å²) in [5.74, 6) is 0. The monoisotopic (exact) mass is 515 g/mol. The molecule has 0 saturated carbocycles. The Balaban J connectivity index is 2.11. The maximum Gasteiger partial charge on any atom is 0.166 e. The Kier molecular flexibility index (Phi) is 5.24. The van der Waals surface area contributed by atoms with Crippen LogP contribution in [-0.4, -0.2) is 0 Å². The number of halogens is 2. The zero-order valence-electron chi connectivity index (χ0n) is 11.2. The summed E-state index contributed by atoms with van der Waals surface area (Å²) in [5.41, 5.74) is 0. The molecule has 0 nitrogen and oxygen atoms in total. The maximum atomic E-state index is 2.36. The third kappa shape index (κ3) is 3.81. The van der Waals surface area contributed by atoms with Crippen molar-refractivity contribution in [2.24, 2.45) is 0 Å². The molecule has 0 amide bonds. The van der Waals surface area contributed by atoms with E-state index >= 15 is 0 Å². The van der Waals surface area contributed by atoms with Crippen molar-refractivity contribution in [1.29, 1.82) is 0 Å². The molecule has 0 aliphatic heterocycles. The minimum atomic E-state index is -0.0378. The van der Waals surface area contributed by atoms with Gasteiger partial charge in [-0.2, -0.15) is 0 Å². The zero-order valence-corrected chi connectivity index (χ0v) is 16.3. The van der Waals surface area contributed by atoms with Gasteiger partial charge in [-0.05, 0) is 106 Å². The van der Waals surface area contributed by atoms with Crippen LogP contribution < -0.4 is 0 Å². The number of hydrogen-bond donors (Lipinski definition) is 0. The first-order chi connectivity index (χ1) is 10.2. The molecule has 0 saturated heterocycles. The second-order valence-electron chi connectivity index (χ2n) is 4.53. The van der Waals surface area contributed by atoms with Crippen molar-refractivity contribution < 1.29 is 0 Å². The molecule has 0 spiro atoms. The lowest BCUT2D eigenvalue weighted by Crippen LogP contribution is -2.04. The Labute approximate surface area is 155 Å². The van der Waals surface area contributed by atoms with E-state index in [0.717, 1.165) is 0 Å². The molecule has 0 fully saturated rings. The van der Waals surface area contributed by atoms with Crippen LogP contribution in [0.1, 0.15) is 0 Å². The topological polar surface area (TPSA) is 0 Å². The SMILES string of the molecule is Ic1ccc([S+](c2ccccc2)c2ccc(I)cc2)cc1. The largest absolute Gasteiger partial charge is 0.166 e. The molecule has 0 heterocycles. The van der Waals surface area contributed by atoms with Gasteiger partial charge >= 0.3 is 0 Å². The molecule has 0 aliphatic rings. The van der Waals surface area contributed by atoms with E-state index in [9.17, 15) is 0 Å². The first kappa shape index (κ1) is 15.4. The van der Waals surface area contributed by atoms with E-state index < -0.39 is 0 Å². The van der Waals surface area contributed by atoms with E-state index in [0.29, 0.717) is 0 Å². The highest BCUT2D eigenvalue weighted by atomic mass is 127. The van der Waals surface area contributed by atoms with E-state index in [4.69, 9.17) is 0 Å². The standard InChI is InChI=1S/C18H13I2S/c19-14-6-10-17(11-7-14)21(16-4-2-1-3-5-16)18-12-8-15(20)9-13-18/h1-13H/q+1. The van der Waals surface area contributed by atoms with Gasteiger partial charge in [0.05, 0.1) is 10.9 Å². The Morgan fingerprint density at radius 1 is 0.476 bits per heavy atom. The Morgan fingerprint density at radius 2 is 0.857 bits per heavy atom. The van der Waals surface area contributed by atoms with E-state index in [2.05, 4.69) is 124 Å². The minimum absolute atomic E-state index is 0.0378. The van der Waals surface area contributed by atoms with Gasteiger partial charge in [-0.3, -0.25) is 0 Å². The molecular weight excluding hydrogens is 502 g/mol. The summed E-state index contributed by atoms with van der Waals surface area (Å²) in [5, 5.41) is 0. The van der Waals surface area contributed by atoms with Crippen LogP contribution in [0.25, 0.3) is 0 Å². The molecule has 0 unspecified atom stereocenters. The predicted molar refractivity (Wildman–Crippen MR) is 107 cm³/mol. The third-order valence-corrected chi connectivity index (χ3v) is 6.75. The molecule has 3 rings (SSSR count). The first-order valence-electron chi connectivity index (χ1n) is 6.54. The van der Waals surface area contributed by atoms with Crippen LogP contribution in [0.3, 0.4) is 0 Å². The van der Waals surface area contributed by atoms with Crippen LogP contribution in [-0.2, 0) is 10.9 Å². The van der Waals surface area contributed by atoms with Gasteiger partial charge in [-0.15, -0.1) is 0 Å². The van der Waals surface area contributed by atoms with Gasteiger partial charge in [0.1, 0.15) is 0 Å². The van der Waals surface area contributed by atoms with E-state index in [1.807, 2.05) is 0 Å². The fraction of sp³-hybridized carbons (Fsp3) is 0. The van der Waals surface area contributed by atoms with Crippen molar-refractivity contribution in [1.82, 2.24) is 0 Å². The van der Waals surface area contributed by atoms with Crippen molar-refractivity contribution >= 4 is 56.1 Å². The molecule has 0 bridgehead atoms. The lowest BCUT2D eigenvalue weighted by Gasteiger charge is -2.08. The van der Waals surface area contributed by atoms with Gasteiger partial charge in [-0.1, -0.05) is 18.2 Å². The van der Waals surface area contributed by atoms with Gasteiger partial charge in [0.2, 0.25) is 0 Å². The second kappa shape index (κ2) is 7.15. The average Bonchev–Trinajstić information content (AvgIpc) is 2.52. The minimum Gasteiger partial charge on any atom is -0.0619 e. The lowest BCUT2D eigenvalue weighted by atomic mass is 10.4. The fourth-order valence-electron chi connectivity index (χ4n) is 2.11. The van der Waals surface area contributed by atoms with Crippen molar-refractivity contribution in [3.05, 3.63) is 86.0 Å². The summed E-state index contributed by atoms with van der Waals surface area (Å²) in [7, 11) is -0.0378. The fourth-order valence-corrected chi connectivity index (χ4v) is 4.89. The molecule has 104 valence electrons. The van der Waals surface area contributed by atoms with Gasteiger partial charge in [-0.25, -0.2) is 0 Å². The first-order valence-corrected chi connectivity index (χ1v) is 9.93. The second-order valence-corrected chi connectivity index (χ2v) is 9.04. The molecule has 21 heavy (non-hydrogen) atoms. The van der Waals surface area contributed by atoms with Crippen LogP contribution in [0, 0.1) is 7.14 Å². The third-order valence-electron chi connectivity index (χ3n) is 3.08. The highest BCUT2D eigenvalue weighted by Crippen LogP contribution is 2.31. The van der Waals surface area contributed by atoms with Crippen molar-refractivity contribution in [2.45, 2.75) is 14.7 Å². The average molecular weight is 515 g/mol. The van der Waals surface area contributed by atoms with Crippen LogP contribution in [0.15, 0.2) is 93.5 Å². The van der Waals surface area contributed by atoms with Crippen molar-refractivity contribution in [3.8, 4) is 0 Å². The van der Waals surface area contributed by atoms with Crippen LogP contribution in [0.5, 0.6) is 0 Å². The molecule has 3 aromatic rings. The van der Waals surface area contributed by atoms with Gasteiger partial charge < -0.3 is 0 Å². The zero-order chi connectivity index (χ0) is 14.7. The van der Waals surface area contributed by atoms with Crippen molar-refractivity contribution in [2.75, 3.05) is 0 Å². The highest BCUT2D eigenvalue weighted by molar-refractivity contribution is 14.1. The smallest absolute Gasteiger partial charge is 0.0619 e. The number of rotatable bonds is 3. The molecule has 0 N–H and O–H groups in total. The number of benzene rings is 3. The molecule has 0 atom stereocenters. The summed E-state index contributed by atoms with van der Waals surface area (Å²) in [6, 6.07) is 28.5. The molecule has 3 heteroatoms. The highest BCUT2D eigenvalue weighted by Gasteiger charge is 2.28. The summed E-state index contributed by atoms with van der Waals surface area (Å²) < 4.78 is 2.55. The molecule has 0 aliphatic carbocycles. The number of hydrogen-bond acceptors (Lipinski definition) is 0. The van der Waals surface area contributed by atoms with Gasteiger partial charge in [0, 0.05) is 7.14 Å². The van der Waals surface area contributed by atoms with Gasteiger partial charge in [0.25, 0.3) is 0 Å². The summed E-state index contributed by atoms with van der Waals surface area (Å²) >= 11 is 4.71. The summed E-state index contributed by atoms with van der Waals surface area (Å²) in [6.45, 7) is 0. The normalized spacial score (nSPS) is 10.8. The molecular formula is C18H13I2S+. The molecule has 3 aromatic carbocycles. The van der Waals surface area contributed by atoms with Crippen LogP contribution in [0.4, 0.5) is 0 Å². The Bertz CT molecular complexity index is 661. The van der Waals surface area contributed by atoms with Crippen molar-refractivity contribution in [3.63, 3.8) is 0 Å². The van der Waals surface area contributed by atoms with Gasteiger partial charge in [0.15, 0.2) is 14.7 Å². The lowest BCUT2D eigenvalue weighted by molar-refractivity contribution is 1.31. The van der Waals surface area contributed by atoms with E-state index in [1.54, 1.807) is 0 Å². The summed E-state index contributed by atoms with van der Waals surface area (Å²) in [4.78, 5) is 4.09. The van der Waals surface area contributed by atoms with Crippen LogP contribution >= 0.6 is 45.2 Å². The van der Waals surface area contributed by atoms with E-state index in [-0.39, 0.29) is 10.9 Å². The predicted octanol–water partition coefficient (Wildman–Crippen LogP) is 5.99. The molecule has 0 radical (unpaired) electrons. The Hall–Kier alpha value is -0.530. The van der Waals surface area contributed by atoms with E-state index in [1.165, 1.54) is 21.8 Å². The Morgan fingerprint density at radius 3 is 1.29 bits per heavy atom. The van der Waals surface area contributed by atoms with Crippen LogP contribution in [0.2, 0.25) is 0 Å².